The third kappa shape index (κ3) is 2.79. The van der Waals surface area contributed by atoms with Crippen LogP contribution in [0.5, 0.6) is 0 Å². The predicted molar refractivity (Wildman–Crippen MR) is 68.1 cm³/mol. The van der Waals surface area contributed by atoms with E-state index in [9.17, 15) is 4.79 Å². The first-order chi connectivity index (χ1) is 8.58. The van der Waals surface area contributed by atoms with Gasteiger partial charge in [-0.05, 0) is 12.0 Å². The van der Waals surface area contributed by atoms with Gasteiger partial charge in [-0.15, -0.1) is 0 Å². The van der Waals surface area contributed by atoms with Gasteiger partial charge >= 0.3 is 5.97 Å². The van der Waals surface area contributed by atoms with Gasteiger partial charge in [0.25, 0.3) is 0 Å². The molecule has 96 valence electrons. The number of ether oxygens (including phenoxy) is 1. The Kier molecular flexibility index (Phi) is 3.81. The van der Waals surface area contributed by atoms with Crippen molar-refractivity contribution in [3.8, 4) is 0 Å². The molecule has 0 radical (unpaired) electrons. The second-order valence-electron chi connectivity index (χ2n) is 4.43. The van der Waals surface area contributed by atoms with Crippen molar-refractivity contribution in [1.29, 1.82) is 0 Å². The maximum atomic E-state index is 11.5. The Morgan fingerprint density at radius 2 is 2.28 bits per heavy atom. The zero-order chi connectivity index (χ0) is 13.1. The van der Waals surface area contributed by atoms with Crippen LogP contribution in [0.3, 0.4) is 0 Å². The lowest BCUT2D eigenvalue weighted by atomic mass is 10.1. The SMILES string of the molecule is CC(C)CC(=O)OCn1ccc2c(Cl)ncnc21. The molecule has 6 heteroatoms. The highest BCUT2D eigenvalue weighted by Gasteiger charge is 2.09. The van der Waals surface area contributed by atoms with Gasteiger partial charge in [-0.3, -0.25) is 9.36 Å². The first-order valence-corrected chi connectivity index (χ1v) is 6.06. The van der Waals surface area contributed by atoms with E-state index < -0.39 is 0 Å². The van der Waals surface area contributed by atoms with Gasteiger partial charge in [0.05, 0.1) is 5.39 Å². The fourth-order valence-corrected chi connectivity index (χ4v) is 1.80. The molecule has 0 unspecified atom stereocenters. The van der Waals surface area contributed by atoms with Crippen LogP contribution in [0.1, 0.15) is 20.3 Å². The van der Waals surface area contributed by atoms with E-state index in [4.69, 9.17) is 16.3 Å². The van der Waals surface area contributed by atoms with E-state index in [1.807, 2.05) is 13.8 Å². The molecule has 0 aliphatic rings. The molecule has 5 nitrogen and oxygen atoms in total. The molecule has 0 saturated heterocycles. The number of fused-ring (bicyclic) bond motifs is 1. The summed E-state index contributed by atoms with van der Waals surface area (Å²) >= 11 is 5.93. The molecule has 0 fully saturated rings. The minimum absolute atomic E-state index is 0.141. The molecular formula is C12H14ClN3O2. The molecule has 0 saturated carbocycles. The van der Waals surface area contributed by atoms with E-state index in [2.05, 4.69) is 9.97 Å². The topological polar surface area (TPSA) is 57.0 Å². The smallest absolute Gasteiger partial charge is 0.307 e. The van der Waals surface area contributed by atoms with Crippen molar-refractivity contribution in [3.63, 3.8) is 0 Å². The van der Waals surface area contributed by atoms with Crippen LogP contribution in [0.4, 0.5) is 0 Å². The highest BCUT2D eigenvalue weighted by atomic mass is 35.5. The van der Waals surface area contributed by atoms with Crippen molar-refractivity contribution in [3.05, 3.63) is 23.7 Å². The Morgan fingerprint density at radius 1 is 1.50 bits per heavy atom. The first-order valence-electron chi connectivity index (χ1n) is 5.69. The molecule has 0 aromatic carbocycles. The van der Waals surface area contributed by atoms with Gasteiger partial charge in [-0.25, -0.2) is 9.97 Å². The lowest BCUT2D eigenvalue weighted by molar-refractivity contribution is -0.148. The number of nitrogens with zero attached hydrogens (tertiary/aromatic N) is 3. The zero-order valence-corrected chi connectivity index (χ0v) is 11.0. The number of carbonyl (C=O) groups is 1. The minimum Gasteiger partial charge on any atom is -0.444 e. The molecule has 0 atom stereocenters. The van der Waals surface area contributed by atoms with Gasteiger partial charge in [0.1, 0.15) is 17.1 Å². The van der Waals surface area contributed by atoms with Crippen LogP contribution >= 0.6 is 11.6 Å². The Bertz CT molecular complexity index is 565. The summed E-state index contributed by atoms with van der Waals surface area (Å²) in [7, 11) is 0. The second-order valence-corrected chi connectivity index (χ2v) is 4.79. The molecule has 2 aromatic heterocycles. The maximum Gasteiger partial charge on any atom is 0.307 e. The van der Waals surface area contributed by atoms with E-state index in [-0.39, 0.29) is 18.6 Å². The van der Waals surface area contributed by atoms with Crippen LogP contribution in [-0.4, -0.2) is 20.5 Å². The molecule has 2 rings (SSSR count). The van der Waals surface area contributed by atoms with Crippen molar-refractivity contribution in [2.24, 2.45) is 5.92 Å². The third-order valence-corrected chi connectivity index (χ3v) is 2.75. The highest BCUT2D eigenvalue weighted by Crippen LogP contribution is 2.19. The predicted octanol–water partition coefficient (Wildman–Crippen LogP) is 2.63. The largest absolute Gasteiger partial charge is 0.444 e. The van der Waals surface area contributed by atoms with Crippen molar-refractivity contribution in [2.45, 2.75) is 27.0 Å². The third-order valence-electron chi connectivity index (χ3n) is 2.45. The average Bonchev–Trinajstić information content (AvgIpc) is 2.70. The summed E-state index contributed by atoms with van der Waals surface area (Å²) in [5.74, 6) is 0.0719. The number of hydrogen-bond acceptors (Lipinski definition) is 4. The Labute approximate surface area is 110 Å². The molecule has 18 heavy (non-hydrogen) atoms. The van der Waals surface area contributed by atoms with Crippen molar-refractivity contribution in [2.75, 3.05) is 0 Å². The normalized spacial score (nSPS) is 11.1. The molecule has 0 N–H and O–H groups in total. The molecule has 2 aromatic rings. The van der Waals surface area contributed by atoms with Gasteiger partial charge in [0.15, 0.2) is 6.73 Å². The lowest BCUT2D eigenvalue weighted by Crippen LogP contribution is -2.11. The van der Waals surface area contributed by atoms with Crippen molar-refractivity contribution in [1.82, 2.24) is 14.5 Å². The van der Waals surface area contributed by atoms with Gasteiger partial charge in [0.2, 0.25) is 0 Å². The minimum atomic E-state index is -0.216. The highest BCUT2D eigenvalue weighted by molar-refractivity contribution is 6.33. The van der Waals surface area contributed by atoms with E-state index in [0.717, 1.165) is 5.39 Å². The second kappa shape index (κ2) is 5.35. The Hall–Kier alpha value is -1.62. The van der Waals surface area contributed by atoms with Crippen LogP contribution in [0, 0.1) is 5.92 Å². The van der Waals surface area contributed by atoms with Crippen LogP contribution in [0.25, 0.3) is 11.0 Å². The summed E-state index contributed by atoms with van der Waals surface area (Å²) in [5.41, 5.74) is 0.660. The molecule has 0 amide bonds. The van der Waals surface area contributed by atoms with Gasteiger partial charge < -0.3 is 4.74 Å². The number of rotatable bonds is 4. The van der Waals surface area contributed by atoms with Crippen molar-refractivity contribution >= 4 is 28.6 Å². The first kappa shape index (κ1) is 12.8. The van der Waals surface area contributed by atoms with E-state index in [1.54, 1.807) is 16.8 Å². The fraction of sp³-hybridized carbons (Fsp3) is 0.417. The van der Waals surface area contributed by atoms with Crippen LogP contribution in [0.2, 0.25) is 5.15 Å². The molecule has 0 spiro atoms. The zero-order valence-electron chi connectivity index (χ0n) is 10.3. The maximum absolute atomic E-state index is 11.5. The van der Waals surface area contributed by atoms with E-state index in [1.165, 1.54) is 6.33 Å². The monoisotopic (exact) mass is 267 g/mol. The standard InChI is InChI=1S/C12H14ClN3O2/c1-8(2)5-10(17)18-7-16-4-3-9-11(13)14-6-15-12(9)16/h3-4,6,8H,5,7H2,1-2H3. The summed E-state index contributed by atoms with van der Waals surface area (Å²) in [6.07, 6.45) is 3.57. The number of carbonyl (C=O) groups excluding carboxylic acids is 1. The lowest BCUT2D eigenvalue weighted by Gasteiger charge is -2.08. The van der Waals surface area contributed by atoms with Crippen LogP contribution in [-0.2, 0) is 16.3 Å². The number of esters is 1. The van der Waals surface area contributed by atoms with Crippen LogP contribution < -0.4 is 0 Å². The summed E-state index contributed by atoms with van der Waals surface area (Å²) in [4.78, 5) is 19.5. The Morgan fingerprint density at radius 3 is 3.00 bits per heavy atom. The van der Waals surface area contributed by atoms with E-state index >= 15 is 0 Å². The molecule has 0 aliphatic carbocycles. The van der Waals surface area contributed by atoms with Gasteiger partial charge in [-0.2, -0.15) is 0 Å². The average molecular weight is 268 g/mol. The number of halogens is 1. The van der Waals surface area contributed by atoms with Crippen molar-refractivity contribution < 1.29 is 9.53 Å². The van der Waals surface area contributed by atoms with Gasteiger partial charge in [-0.1, -0.05) is 25.4 Å². The van der Waals surface area contributed by atoms with E-state index in [0.29, 0.717) is 17.2 Å². The summed E-state index contributed by atoms with van der Waals surface area (Å²) in [6, 6.07) is 1.80. The molecular weight excluding hydrogens is 254 g/mol. The van der Waals surface area contributed by atoms with Gasteiger partial charge in [0, 0.05) is 12.6 Å². The quantitative estimate of drug-likeness (QED) is 0.631. The van der Waals surface area contributed by atoms with Crippen LogP contribution in [0.15, 0.2) is 18.6 Å². The fourth-order valence-electron chi connectivity index (χ4n) is 1.61. The number of hydrogen-bond donors (Lipinski definition) is 0. The summed E-state index contributed by atoms with van der Waals surface area (Å²) in [6.45, 7) is 4.08. The number of aromatic nitrogens is 3. The summed E-state index contributed by atoms with van der Waals surface area (Å²) < 4.78 is 6.89. The molecule has 0 bridgehead atoms. The molecule has 0 aliphatic heterocycles. The molecule has 2 heterocycles. The Balaban J connectivity index is 2.09. The summed E-state index contributed by atoms with van der Waals surface area (Å²) in [5, 5.41) is 1.14.